The van der Waals surface area contributed by atoms with Crippen molar-refractivity contribution in [3.05, 3.63) is 145 Å². The van der Waals surface area contributed by atoms with Crippen LogP contribution in [-0.2, 0) is 0 Å². The van der Waals surface area contributed by atoms with Crippen molar-refractivity contribution < 1.29 is 4.42 Å². The number of pyridine rings is 1. The van der Waals surface area contributed by atoms with Crippen molar-refractivity contribution in [2.45, 2.75) is 6.92 Å². The van der Waals surface area contributed by atoms with E-state index in [1.807, 2.05) is 24.4 Å². The summed E-state index contributed by atoms with van der Waals surface area (Å²) in [4.78, 5) is 4.87. The molecule has 216 valence electrons. The second-order valence-corrected chi connectivity index (χ2v) is 12.0. The van der Waals surface area contributed by atoms with Gasteiger partial charge in [-0.2, -0.15) is 0 Å². The smallest absolute Gasteiger partial charge is 0.143 e. The van der Waals surface area contributed by atoms with Crippen LogP contribution >= 0.6 is 0 Å². The van der Waals surface area contributed by atoms with E-state index in [-0.39, 0.29) is 0 Å². The quantitative estimate of drug-likeness (QED) is 0.192. The number of nitrogens with zero attached hydrogens (tertiary/aromatic N) is 3. The molecule has 0 saturated heterocycles. The number of benzene rings is 6. The Kier molecular flexibility index (Phi) is 5.17. The van der Waals surface area contributed by atoms with Gasteiger partial charge in [0.2, 0.25) is 0 Å². The van der Waals surface area contributed by atoms with Crippen molar-refractivity contribution in [3.8, 4) is 16.9 Å². The van der Waals surface area contributed by atoms with Gasteiger partial charge < -0.3 is 13.4 Å². The van der Waals surface area contributed by atoms with E-state index in [4.69, 9.17) is 9.40 Å². The van der Waals surface area contributed by atoms with Crippen LogP contribution in [0.4, 0.5) is 0 Å². The molecule has 4 heteroatoms. The lowest BCUT2D eigenvalue weighted by atomic mass is 9.95. The van der Waals surface area contributed by atoms with Crippen LogP contribution in [0.5, 0.6) is 0 Å². The molecule has 46 heavy (non-hydrogen) atoms. The van der Waals surface area contributed by atoms with Gasteiger partial charge in [0.25, 0.3) is 0 Å². The number of imidazole rings is 1. The van der Waals surface area contributed by atoms with Crippen LogP contribution in [0.2, 0.25) is 0 Å². The molecule has 0 N–H and O–H groups in total. The number of fused-ring (bicyclic) bond motifs is 13. The van der Waals surface area contributed by atoms with Gasteiger partial charge in [0.05, 0.1) is 22.1 Å². The summed E-state index contributed by atoms with van der Waals surface area (Å²) in [5.41, 5.74) is 9.36. The van der Waals surface area contributed by atoms with Crippen LogP contribution in [0.1, 0.15) is 12.5 Å². The largest absolute Gasteiger partial charge is 0.455 e. The third kappa shape index (κ3) is 3.41. The van der Waals surface area contributed by atoms with Gasteiger partial charge >= 0.3 is 0 Å². The highest BCUT2D eigenvalue weighted by Gasteiger charge is 2.24. The van der Waals surface area contributed by atoms with E-state index < -0.39 is 0 Å². The molecule has 0 bridgehead atoms. The first kappa shape index (κ1) is 25.2. The zero-order valence-corrected chi connectivity index (χ0v) is 25.1. The normalized spacial score (nSPS) is 12.4. The Morgan fingerprint density at radius 2 is 1.35 bits per heavy atom. The molecule has 0 amide bonds. The highest BCUT2D eigenvalue weighted by atomic mass is 16.3. The minimum atomic E-state index is 0.891. The van der Waals surface area contributed by atoms with Gasteiger partial charge in [-0.25, -0.2) is 4.98 Å². The van der Waals surface area contributed by atoms with Crippen molar-refractivity contribution in [3.63, 3.8) is 0 Å². The van der Waals surface area contributed by atoms with Gasteiger partial charge in [-0.1, -0.05) is 97.1 Å². The van der Waals surface area contributed by atoms with Crippen molar-refractivity contribution in [1.82, 2.24) is 14.0 Å². The molecular weight excluding hydrogens is 562 g/mol. The summed E-state index contributed by atoms with van der Waals surface area (Å²) in [6, 6.07) is 43.2. The minimum absolute atomic E-state index is 0.891. The van der Waals surface area contributed by atoms with Gasteiger partial charge in [-0.15, -0.1) is 0 Å². The average molecular weight is 590 g/mol. The van der Waals surface area contributed by atoms with Crippen LogP contribution < -0.4 is 0 Å². The molecule has 0 unspecified atom stereocenters. The summed E-state index contributed by atoms with van der Waals surface area (Å²) in [6.45, 7) is 2.08. The number of aromatic nitrogens is 3. The second kappa shape index (κ2) is 9.43. The van der Waals surface area contributed by atoms with E-state index >= 15 is 0 Å². The lowest BCUT2D eigenvalue weighted by Crippen LogP contribution is -1.95. The fourth-order valence-corrected chi connectivity index (χ4v) is 7.50. The fourth-order valence-electron chi connectivity index (χ4n) is 7.50. The van der Waals surface area contributed by atoms with Gasteiger partial charge in [0.15, 0.2) is 0 Å². The van der Waals surface area contributed by atoms with Crippen molar-refractivity contribution in [2.75, 3.05) is 0 Å². The van der Waals surface area contributed by atoms with Crippen LogP contribution in [0, 0.1) is 0 Å². The summed E-state index contributed by atoms with van der Waals surface area (Å²) < 4.78 is 11.4. The zero-order valence-electron chi connectivity index (χ0n) is 25.1. The SMILES string of the molecule is C/C=C/c1cc2oc3c4ccccc4c4ccccc4c3c2c2c1c1ccccc1n2-c1ccc(-c2cn3ccccc3n2)cc1. The Balaban J connectivity index is 1.36. The van der Waals surface area contributed by atoms with E-state index in [1.165, 1.54) is 26.9 Å². The van der Waals surface area contributed by atoms with Crippen LogP contribution in [0.15, 0.2) is 144 Å². The Hall–Kier alpha value is -6.13. The van der Waals surface area contributed by atoms with Crippen molar-refractivity contribution in [2.24, 2.45) is 0 Å². The number of hydrogen-bond acceptors (Lipinski definition) is 2. The molecule has 4 heterocycles. The Morgan fingerprint density at radius 3 is 2.13 bits per heavy atom. The molecule has 4 aromatic heterocycles. The summed E-state index contributed by atoms with van der Waals surface area (Å²) >= 11 is 0. The topological polar surface area (TPSA) is 35.4 Å². The first-order valence-corrected chi connectivity index (χ1v) is 15.7. The number of allylic oxidation sites excluding steroid dienone is 1. The molecule has 0 spiro atoms. The molecule has 6 aromatic carbocycles. The third-order valence-electron chi connectivity index (χ3n) is 9.41. The van der Waals surface area contributed by atoms with Gasteiger partial charge in [-0.05, 0) is 65.0 Å². The predicted octanol–water partition coefficient (Wildman–Crippen LogP) is 11.3. The standard InChI is InChI=1S/C42H27N3O/c1-2-11-27-24-36-40(39-31-14-5-3-12-29(31)30-13-4-6-15-32(30)42(39)46-36)41-38(27)33-16-7-8-17-35(33)45(41)28-21-19-26(20-22-28)34-25-44-23-10-9-18-37(44)43-34/h2-25H,1H3/b11-2+. The molecule has 0 saturated carbocycles. The first-order chi connectivity index (χ1) is 22.8. The Morgan fingerprint density at radius 1 is 0.652 bits per heavy atom. The third-order valence-corrected chi connectivity index (χ3v) is 9.41. The lowest BCUT2D eigenvalue weighted by molar-refractivity contribution is 0.673. The van der Waals surface area contributed by atoms with Gasteiger partial charge in [0, 0.05) is 45.2 Å². The molecule has 0 atom stereocenters. The molecule has 0 fully saturated rings. The average Bonchev–Trinajstić information content (AvgIpc) is 3.81. The number of para-hydroxylation sites is 1. The number of furan rings is 1. The van der Waals surface area contributed by atoms with E-state index in [0.717, 1.165) is 66.5 Å². The van der Waals surface area contributed by atoms with E-state index in [1.54, 1.807) is 0 Å². The highest BCUT2D eigenvalue weighted by Crippen LogP contribution is 2.47. The van der Waals surface area contributed by atoms with Crippen LogP contribution in [0.25, 0.3) is 94.0 Å². The maximum Gasteiger partial charge on any atom is 0.143 e. The number of rotatable bonds is 3. The van der Waals surface area contributed by atoms with E-state index in [2.05, 4.69) is 137 Å². The first-order valence-electron chi connectivity index (χ1n) is 15.7. The highest BCUT2D eigenvalue weighted by molar-refractivity contribution is 6.36. The lowest BCUT2D eigenvalue weighted by Gasteiger charge is -2.11. The summed E-state index contributed by atoms with van der Waals surface area (Å²) in [6.07, 6.45) is 8.44. The van der Waals surface area contributed by atoms with E-state index in [0.29, 0.717) is 0 Å². The molecule has 10 rings (SSSR count). The second-order valence-electron chi connectivity index (χ2n) is 12.0. The molecule has 0 aliphatic carbocycles. The summed E-state index contributed by atoms with van der Waals surface area (Å²) in [7, 11) is 0. The van der Waals surface area contributed by atoms with Gasteiger partial charge in [0.1, 0.15) is 16.8 Å². The molecule has 0 aliphatic rings. The zero-order chi connectivity index (χ0) is 30.4. The Labute approximate surface area is 264 Å². The van der Waals surface area contributed by atoms with Crippen molar-refractivity contribution in [1.29, 1.82) is 0 Å². The fraction of sp³-hybridized carbons (Fsp3) is 0.0238. The Bertz CT molecular complexity index is 2830. The monoisotopic (exact) mass is 589 g/mol. The molecule has 0 radical (unpaired) electrons. The van der Waals surface area contributed by atoms with Crippen molar-refractivity contribution >= 4 is 77.0 Å². The maximum absolute atomic E-state index is 6.90. The molecule has 0 aliphatic heterocycles. The minimum Gasteiger partial charge on any atom is -0.455 e. The van der Waals surface area contributed by atoms with E-state index in [9.17, 15) is 0 Å². The number of hydrogen-bond donors (Lipinski definition) is 0. The summed E-state index contributed by atoms with van der Waals surface area (Å²) in [5, 5.41) is 9.52. The van der Waals surface area contributed by atoms with Crippen LogP contribution in [0.3, 0.4) is 0 Å². The van der Waals surface area contributed by atoms with Gasteiger partial charge in [-0.3, -0.25) is 0 Å². The van der Waals surface area contributed by atoms with Crippen LogP contribution in [-0.4, -0.2) is 14.0 Å². The predicted molar refractivity (Wildman–Crippen MR) is 192 cm³/mol. The molecule has 4 nitrogen and oxygen atoms in total. The summed E-state index contributed by atoms with van der Waals surface area (Å²) in [5.74, 6) is 0. The molecular formula is C42H27N3O. The maximum atomic E-state index is 6.90. The molecule has 10 aromatic rings.